The van der Waals surface area contributed by atoms with E-state index in [4.69, 9.17) is 16.1 Å². The Morgan fingerprint density at radius 3 is 2.92 bits per heavy atom. The van der Waals surface area contributed by atoms with Crippen LogP contribution in [0, 0.1) is 11.3 Å². The molecule has 0 saturated carbocycles. The molecule has 1 rings (SSSR count). The average Bonchev–Trinajstić information content (AvgIpc) is 2.16. The Labute approximate surface area is 74.4 Å². The molecule has 5 heteroatoms. The first-order valence-electron chi connectivity index (χ1n) is 3.50. The topological polar surface area (TPSA) is 100 Å². The SMILES string of the molecule is N#Cc1cccc([C@@H](N)C(=O)O)n1. The quantitative estimate of drug-likeness (QED) is 0.664. The summed E-state index contributed by atoms with van der Waals surface area (Å²) < 4.78 is 0. The van der Waals surface area contributed by atoms with Gasteiger partial charge in [-0.2, -0.15) is 5.26 Å². The molecular weight excluding hydrogens is 170 g/mol. The number of carboxylic acid groups (broad SMARTS) is 1. The Balaban J connectivity index is 3.03. The molecule has 0 radical (unpaired) electrons. The van der Waals surface area contributed by atoms with E-state index in [2.05, 4.69) is 4.98 Å². The van der Waals surface area contributed by atoms with Gasteiger partial charge in [0.1, 0.15) is 17.8 Å². The van der Waals surface area contributed by atoms with Gasteiger partial charge in [-0.05, 0) is 12.1 Å². The van der Waals surface area contributed by atoms with Gasteiger partial charge in [0.25, 0.3) is 0 Å². The van der Waals surface area contributed by atoms with Gasteiger partial charge in [-0.1, -0.05) is 6.07 Å². The number of aromatic nitrogens is 1. The van der Waals surface area contributed by atoms with E-state index in [0.29, 0.717) is 0 Å². The van der Waals surface area contributed by atoms with Crippen molar-refractivity contribution >= 4 is 5.97 Å². The first kappa shape index (κ1) is 9.16. The molecule has 0 aliphatic rings. The summed E-state index contributed by atoms with van der Waals surface area (Å²) in [6.45, 7) is 0. The highest BCUT2D eigenvalue weighted by molar-refractivity contribution is 5.74. The predicted octanol–water partition coefficient (Wildman–Crippen LogP) is 0.0377. The summed E-state index contributed by atoms with van der Waals surface area (Å²) in [7, 11) is 0. The minimum atomic E-state index is -1.17. The van der Waals surface area contributed by atoms with Gasteiger partial charge in [0.15, 0.2) is 0 Å². The standard InChI is InChI=1S/C8H7N3O2/c9-4-5-2-1-3-6(11-5)7(10)8(12)13/h1-3,7H,10H2,(H,12,13)/t7-/m1/s1. The number of nitrogens with two attached hydrogens (primary N) is 1. The second-order valence-corrected chi connectivity index (χ2v) is 2.38. The highest BCUT2D eigenvalue weighted by atomic mass is 16.4. The Morgan fingerprint density at radius 2 is 2.38 bits per heavy atom. The van der Waals surface area contributed by atoms with Gasteiger partial charge >= 0.3 is 5.97 Å². The molecule has 0 aliphatic carbocycles. The molecule has 13 heavy (non-hydrogen) atoms. The van der Waals surface area contributed by atoms with Crippen molar-refractivity contribution in [1.82, 2.24) is 4.98 Å². The molecule has 5 nitrogen and oxygen atoms in total. The molecule has 1 aromatic heterocycles. The molecule has 1 heterocycles. The zero-order valence-corrected chi connectivity index (χ0v) is 6.64. The molecule has 0 unspecified atom stereocenters. The molecule has 0 fully saturated rings. The van der Waals surface area contributed by atoms with Crippen LogP contribution < -0.4 is 5.73 Å². The number of carboxylic acids is 1. The van der Waals surface area contributed by atoms with Gasteiger partial charge in [0.05, 0.1) is 5.69 Å². The normalized spacial score (nSPS) is 11.7. The van der Waals surface area contributed by atoms with Crippen LogP contribution in [0.5, 0.6) is 0 Å². The fourth-order valence-electron chi connectivity index (χ4n) is 0.813. The maximum atomic E-state index is 10.5. The van der Waals surface area contributed by atoms with Crippen molar-refractivity contribution in [2.24, 2.45) is 5.73 Å². The first-order valence-corrected chi connectivity index (χ1v) is 3.50. The molecule has 3 N–H and O–H groups in total. The molecule has 0 saturated heterocycles. The van der Waals surface area contributed by atoms with Crippen LogP contribution in [0.4, 0.5) is 0 Å². The zero-order valence-electron chi connectivity index (χ0n) is 6.64. The highest BCUT2D eigenvalue weighted by Gasteiger charge is 2.15. The van der Waals surface area contributed by atoms with Crippen LogP contribution in [0.3, 0.4) is 0 Å². The van der Waals surface area contributed by atoms with E-state index in [9.17, 15) is 4.79 Å². The minimum Gasteiger partial charge on any atom is -0.480 e. The fourth-order valence-corrected chi connectivity index (χ4v) is 0.813. The van der Waals surface area contributed by atoms with E-state index >= 15 is 0 Å². The zero-order chi connectivity index (χ0) is 9.84. The van der Waals surface area contributed by atoms with Crippen molar-refractivity contribution in [2.75, 3.05) is 0 Å². The lowest BCUT2D eigenvalue weighted by Gasteiger charge is -2.04. The van der Waals surface area contributed by atoms with Crippen LogP contribution in [0.2, 0.25) is 0 Å². The van der Waals surface area contributed by atoms with Crippen LogP contribution in [-0.2, 0) is 4.79 Å². The molecular formula is C8H7N3O2. The van der Waals surface area contributed by atoms with E-state index in [1.165, 1.54) is 12.1 Å². The number of nitriles is 1. The molecule has 0 spiro atoms. The lowest BCUT2D eigenvalue weighted by atomic mass is 10.2. The largest absolute Gasteiger partial charge is 0.480 e. The summed E-state index contributed by atoms with van der Waals surface area (Å²) in [5.74, 6) is -1.16. The average molecular weight is 177 g/mol. The number of aliphatic carboxylic acids is 1. The summed E-state index contributed by atoms with van der Waals surface area (Å²) in [4.78, 5) is 14.2. The number of rotatable bonds is 2. The number of hydrogen-bond acceptors (Lipinski definition) is 4. The van der Waals surface area contributed by atoms with Crippen molar-refractivity contribution in [3.8, 4) is 6.07 Å². The van der Waals surface area contributed by atoms with Crippen LogP contribution in [0.15, 0.2) is 18.2 Å². The summed E-state index contributed by atoms with van der Waals surface area (Å²) in [6, 6.07) is 5.13. The Bertz CT molecular complexity index is 370. The molecule has 66 valence electrons. The lowest BCUT2D eigenvalue weighted by Crippen LogP contribution is -2.21. The lowest BCUT2D eigenvalue weighted by molar-refractivity contribution is -0.138. The van der Waals surface area contributed by atoms with E-state index in [-0.39, 0.29) is 11.4 Å². The molecule has 0 amide bonds. The van der Waals surface area contributed by atoms with Crippen molar-refractivity contribution in [1.29, 1.82) is 5.26 Å². The highest BCUT2D eigenvalue weighted by Crippen LogP contribution is 2.07. The third-order valence-corrected chi connectivity index (χ3v) is 1.47. The monoisotopic (exact) mass is 177 g/mol. The fraction of sp³-hybridized carbons (Fsp3) is 0.125. The van der Waals surface area contributed by atoms with Crippen molar-refractivity contribution < 1.29 is 9.90 Å². The minimum absolute atomic E-state index is 0.161. The molecule has 0 aromatic carbocycles. The maximum absolute atomic E-state index is 10.5. The molecule has 1 aromatic rings. The van der Waals surface area contributed by atoms with Crippen molar-refractivity contribution in [2.45, 2.75) is 6.04 Å². The van der Waals surface area contributed by atoms with E-state index < -0.39 is 12.0 Å². The second kappa shape index (κ2) is 3.65. The van der Waals surface area contributed by atoms with Crippen molar-refractivity contribution in [3.63, 3.8) is 0 Å². The van der Waals surface area contributed by atoms with Crippen molar-refractivity contribution in [3.05, 3.63) is 29.6 Å². The van der Waals surface area contributed by atoms with Crippen LogP contribution in [0.1, 0.15) is 17.4 Å². The summed E-state index contributed by atoms with van der Waals surface area (Å²) in [5.41, 5.74) is 5.64. The third kappa shape index (κ3) is 2.01. The number of pyridine rings is 1. The Morgan fingerprint density at radius 1 is 1.69 bits per heavy atom. The second-order valence-electron chi connectivity index (χ2n) is 2.38. The van der Waals surface area contributed by atoms with Crippen LogP contribution in [-0.4, -0.2) is 16.1 Å². The van der Waals surface area contributed by atoms with E-state index in [0.717, 1.165) is 0 Å². The van der Waals surface area contributed by atoms with Crippen LogP contribution in [0.25, 0.3) is 0 Å². The molecule has 0 aliphatic heterocycles. The van der Waals surface area contributed by atoms with Gasteiger partial charge in [-0.3, -0.25) is 4.79 Å². The van der Waals surface area contributed by atoms with E-state index in [1.807, 2.05) is 0 Å². The maximum Gasteiger partial charge on any atom is 0.326 e. The first-order chi connectivity index (χ1) is 6.15. The van der Waals surface area contributed by atoms with Gasteiger partial charge in [-0.25, -0.2) is 4.98 Å². The third-order valence-electron chi connectivity index (χ3n) is 1.47. The number of nitrogens with zero attached hydrogens (tertiary/aromatic N) is 2. The number of hydrogen-bond donors (Lipinski definition) is 2. The Hall–Kier alpha value is -1.93. The summed E-state index contributed by atoms with van der Waals surface area (Å²) in [6.07, 6.45) is 0. The van der Waals surface area contributed by atoms with Gasteiger partial charge in [0.2, 0.25) is 0 Å². The summed E-state index contributed by atoms with van der Waals surface area (Å²) >= 11 is 0. The van der Waals surface area contributed by atoms with Crippen LogP contribution >= 0.6 is 0 Å². The number of carbonyl (C=O) groups is 1. The Kier molecular flexibility index (Phi) is 2.57. The molecule has 0 bridgehead atoms. The van der Waals surface area contributed by atoms with Gasteiger partial charge < -0.3 is 10.8 Å². The van der Waals surface area contributed by atoms with E-state index in [1.54, 1.807) is 12.1 Å². The molecule has 1 atom stereocenters. The predicted molar refractivity (Wildman–Crippen MR) is 43.5 cm³/mol. The summed E-state index contributed by atoms with van der Waals surface area (Å²) in [5, 5.41) is 17.0. The smallest absolute Gasteiger partial charge is 0.326 e. The van der Waals surface area contributed by atoms with Gasteiger partial charge in [-0.15, -0.1) is 0 Å². The van der Waals surface area contributed by atoms with Gasteiger partial charge in [0, 0.05) is 0 Å².